The van der Waals surface area contributed by atoms with Crippen LogP contribution in [0.15, 0.2) is 63.3 Å². The quantitative estimate of drug-likeness (QED) is 0.327. The van der Waals surface area contributed by atoms with Crippen molar-refractivity contribution >= 4 is 33.4 Å². The number of hydrogen-bond donors (Lipinski definition) is 1. The van der Waals surface area contributed by atoms with Gasteiger partial charge in [0.15, 0.2) is 0 Å². The van der Waals surface area contributed by atoms with Crippen LogP contribution in [0.1, 0.15) is 25.8 Å². The first kappa shape index (κ1) is 22.4. The Balaban J connectivity index is 1.94. The van der Waals surface area contributed by atoms with E-state index < -0.39 is 0 Å². The van der Waals surface area contributed by atoms with Crippen LogP contribution in [-0.2, 0) is 20.1 Å². The second-order valence-corrected chi connectivity index (χ2v) is 9.62. The number of aromatic nitrogens is 3. The van der Waals surface area contributed by atoms with E-state index in [1.165, 1.54) is 15.3 Å². The molecule has 0 aliphatic heterocycles. The van der Waals surface area contributed by atoms with E-state index in [1.54, 1.807) is 23.4 Å². The molecule has 0 fully saturated rings. The molecule has 6 nitrogen and oxygen atoms in total. The number of nitrogens with zero attached hydrogens (tertiary/aromatic N) is 3. The van der Waals surface area contributed by atoms with Gasteiger partial charge in [-0.25, -0.2) is 4.79 Å². The average Bonchev–Trinajstić information content (AvgIpc) is 3.13. The van der Waals surface area contributed by atoms with E-state index in [4.69, 9.17) is 0 Å². The molecule has 0 saturated carbocycles. The largest absolute Gasteiger partial charge is 0.396 e. The zero-order chi connectivity index (χ0) is 22.8. The first-order valence-corrected chi connectivity index (χ1v) is 11.9. The lowest BCUT2D eigenvalue weighted by atomic mass is 10.0. The van der Waals surface area contributed by atoms with Crippen molar-refractivity contribution in [1.82, 2.24) is 13.7 Å². The van der Waals surface area contributed by atoms with Crippen LogP contribution in [0, 0.1) is 5.92 Å². The number of aliphatic hydroxyl groups is 1. The molecule has 0 saturated heterocycles. The molecule has 0 aliphatic carbocycles. The summed E-state index contributed by atoms with van der Waals surface area (Å²) < 4.78 is 5.02. The van der Waals surface area contributed by atoms with Gasteiger partial charge in [-0.2, -0.15) is 0 Å². The van der Waals surface area contributed by atoms with Crippen LogP contribution in [0.2, 0.25) is 0 Å². The molecule has 0 atom stereocenters. The third-order valence-corrected chi connectivity index (χ3v) is 6.85. The molecule has 4 rings (SSSR count). The maximum absolute atomic E-state index is 13.2. The molecule has 0 aliphatic rings. The molecule has 0 unspecified atom stereocenters. The Kier molecular flexibility index (Phi) is 6.58. The summed E-state index contributed by atoms with van der Waals surface area (Å²) in [6.07, 6.45) is 2.58. The van der Waals surface area contributed by atoms with Gasteiger partial charge in [-0.05, 0) is 28.7 Å². The molecule has 4 aromatic rings. The van der Waals surface area contributed by atoms with Gasteiger partial charge in [0.1, 0.15) is 0 Å². The fraction of sp³-hybridized carbons (Fsp3) is 0.360. The zero-order valence-corrected chi connectivity index (χ0v) is 19.6. The Morgan fingerprint density at radius 2 is 1.81 bits per heavy atom. The van der Waals surface area contributed by atoms with Crippen molar-refractivity contribution in [2.75, 3.05) is 12.4 Å². The van der Waals surface area contributed by atoms with Gasteiger partial charge in [0.2, 0.25) is 0 Å². The number of benzene rings is 2. The molecule has 2 aromatic carbocycles. The Bertz CT molecular complexity index is 1380. The van der Waals surface area contributed by atoms with Gasteiger partial charge in [0.05, 0.1) is 15.9 Å². The molecule has 7 heteroatoms. The smallest absolute Gasteiger partial charge is 0.331 e. The summed E-state index contributed by atoms with van der Waals surface area (Å²) in [5.41, 5.74) is 1.28. The molecule has 168 valence electrons. The molecular weight excluding hydrogens is 422 g/mol. The van der Waals surface area contributed by atoms with Crippen molar-refractivity contribution in [3.05, 3.63) is 75.1 Å². The van der Waals surface area contributed by atoms with Gasteiger partial charge in [-0.1, -0.05) is 56.3 Å². The molecular formula is C25H29N3O3S. The fourth-order valence-electron chi connectivity index (χ4n) is 4.13. The highest BCUT2D eigenvalue weighted by atomic mass is 32.2. The minimum absolute atomic E-state index is 0.102. The van der Waals surface area contributed by atoms with Crippen molar-refractivity contribution < 1.29 is 5.11 Å². The van der Waals surface area contributed by atoms with Gasteiger partial charge in [-0.15, -0.1) is 11.8 Å². The second kappa shape index (κ2) is 9.38. The van der Waals surface area contributed by atoms with Crippen LogP contribution in [-0.4, -0.2) is 31.2 Å². The lowest BCUT2D eigenvalue weighted by molar-refractivity contribution is 0.296. The van der Waals surface area contributed by atoms with E-state index >= 15 is 0 Å². The second-order valence-electron chi connectivity index (χ2n) is 8.54. The van der Waals surface area contributed by atoms with Crippen LogP contribution in [0.3, 0.4) is 0 Å². The first-order chi connectivity index (χ1) is 15.4. The van der Waals surface area contributed by atoms with Crippen LogP contribution in [0.5, 0.6) is 0 Å². The number of aliphatic hydroxyl groups excluding tert-OH is 1. The highest BCUT2D eigenvalue weighted by Gasteiger charge is 2.20. The average molecular weight is 452 g/mol. The Labute approximate surface area is 191 Å². The summed E-state index contributed by atoms with van der Waals surface area (Å²) in [6, 6.07) is 14.5. The normalized spacial score (nSPS) is 11.8. The zero-order valence-electron chi connectivity index (χ0n) is 18.7. The van der Waals surface area contributed by atoms with Gasteiger partial charge in [-0.3, -0.25) is 13.9 Å². The monoisotopic (exact) mass is 451 g/mol. The van der Waals surface area contributed by atoms with Crippen LogP contribution in [0.25, 0.3) is 21.7 Å². The van der Waals surface area contributed by atoms with Gasteiger partial charge >= 0.3 is 5.69 Å². The summed E-state index contributed by atoms with van der Waals surface area (Å²) >= 11 is 1.56. The molecule has 2 heterocycles. The minimum Gasteiger partial charge on any atom is -0.396 e. The maximum atomic E-state index is 13.2. The lowest BCUT2D eigenvalue weighted by Gasteiger charge is -2.12. The molecule has 0 spiro atoms. The fourth-order valence-corrected chi connectivity index (χ4v) is 5.22. The van der Waals surface area contributed by atoms with E-state index in [-0.39, 0.29) is 23.8 Å². The lowest BCUT2D eigenvalue weighted by Crippen LogP contribution is -2.38. The van der Waals surface area contributed by atoms with E-state index in [9.17, 15) is 14.7 Å². The topological polar surface area (TPSA) is 69.2 Å². The van der Waals surface area contributed by atoms with Crippen molar-refractivity contribution in [2.24, 2.45) is 13.0 Å². The van der Waals surface area contributed by atoms with Crippen LogP contribution in [0.4, 0.5) is 0 Å². The molecule has 0 radical (unpaired) electrons. The highest BCUT2D eigenvalue weighted by molar-refractivity contribution is 7.99. The van der Waals surface area contributed by atoms with Crippen molar-refractivity contribution in [1.29, 1.82) is 0 Å². The summed E-state index contributed by atoms with van der Waals surface area (Å²) in [5.74, 6) is 0.956. The highest BCUT2D eigenvalue weighted by Crippen LogP contribution is 2.30. The number of hydrogen-bond acceptors (Lipinski definition) is 4. The van der Waals surface area contributed by atoms with Crippen LogP contribution < -0.4 is 11.2 Å². The number of fused-ring (bicyclic) bond motifs is 2. The summed E-state index contributed by atoms with van der Waals surface area (Å²) in [6.45, 7) is 5.37. The Morgan fingerprint density at radius 1 is 1.06 bits per heavy atom. The Morgan fingerprint density at radius 3 is 2.56 bits per heavy atom. The predicted molar refractivity (Wildman–Crippen MR) is 132 cm³/mol. The van der Waals surface area contributed by atoms with Gasteiger partial charge < -0.3 is 9.67 Å². The molecule has 1 N–H and O–H groups in total. The van der Waals surface area contributed by atoms with Crippen LogP contribution >= 0.6 is 11.8 Å². The third kappa shape index (κ3) is 4.14. The van der Waals surface area contributed by atoms with Gasteiger partial charge in [0, 0.05) is 38.7 Å². The molecule has 0 amide bonds. The van der Waals surface area contributed by atoms with Crippen molar-refractivity contribution in [3.63, 3.8) is 0 Å². The van der Waals surface area contributed by atoms with E-state index in [0.717, 1.165) is 10.6 Å². The van der Waals surface area contributed by atoms with Crippen molar-refractivity contribution in [3.8, 4) is 0 Å². The predicted octanol–water partition coefficient (Wildman–Crippen LogP) is 3.83. The standard InChI is InChI=1S/C25H29N3O3S/c1-17(2)14-28-21-16-27(15-19-10-6-9-18-8-4-5-11-20(18)19)24(32-13-7-12-29)22(21)23(30)26(3)25(28)31/h4-6,8-11,16-17,29H,7,12-15H2,1-3H3. The molecule has 2 aromatic heterocycles. The Hall–Kier alpha value is -2.77. The van der Waals surface area contributed by atoms with E-state index in [0.29, 0.717) is 36.2 Å². The molecule has 32 heavy (non-hydrogen) atoms. The summed E-state index contributed by atoms with van der Waals surface area (Å²) in [7, 11) is 1.55. The summed E-state index contributed by atoms with van der Waals surface area (Å²) in [4.78, 5) is 26.1. The maximum Gasteiger partial charge on any atom is 0.331 e. The molecule has 0 bridgehead atoms. The summed E-state index contributed by atoms with van der Waals surface area (Å²) in [5, 5.41) is 13.0. The SMILES string of the molecule is CC(C)Cn1c(=O)n(C)c(=O)c2c(SCCCO)n(Cc3cccc4ccccc34)cc21. The van der Waals surface area contributed by atoms with Gasteiger partial charge in [0.25, 0.3) is 5.56 Å². The third-order valence-electron chi connectivity index (χ3n) is 5.65. The van der Waals surface area contributed by atoms with Crippen molar-refractivity contribution in [2.45, 2.75) is 38.4 Å². The van der Waals surface area contributed by atoms with E-state index in [1.807, 2.05) is 24.4 Å². The minimum atomic E-state index is -0.287. The number of thioether (sulfide) groups is 1. The first-order valence-electron chi connectivity index (χ1n) is 10.9. The number of rotatable bonds is 8. The van der Waals surface area contributed by atoms with E-state index in [2.05, 4.69) is 42.7 Å².